The van der Waals surface area contributed by atoms with E-state index in [2.05, 4.69) is 21.2 Å². The summed E-state index contributed by atoms with van der Waals surface area (Å²) in [5.41, 5.74) is 2.17. The molecule has 0 aromatic heterocycles. The van der Waals surface area contributed by atoms with Gasteiger partial charge in [-0.05, 0) is 86.3 Å². The summed E-state index contributed by atoms with van der Waals surface area (Å²) >= 11 is 3.35. The molecule has 42 heavy (non-hydrogen) atoms. The quantitative estimate of drug-likeness (QED) is 0.200. The van der Waals surface area contributed by atoms with E-state index >= 15 is 0 Å². The number of rotatable bonds is 15. The van der Waals surface area contributed by atoms with Gasteiger partial charge in [0.1, 0.15) is 18.3 Å². The molecule has 0 saturated heterocycles. The molecule has 1 N–H and O–H groups in total. The minimum Gasteiger partial charge on any atom is -0.494 e. The summed E-state index contributed by atoms with van der Waals surface area (Å²) < 4.78 is 35.4. The molecule has 0 bridgehead atoms. The SMILES string of the molecule is CCCCNC(=O)[C@H](CC)N(Cc1ccccc1C)C(=O)CN(c1ccc(OCC)cc1)S(=O)(=O)c1ccc(Br)cc1. The predicted molar refractivity (Wildman–Crippen MR) is 170 cm³/mol. The first kappa shape index (κ1) is 33.1. The van der Waals surface area contributed by atoms with Crippen molar-refractivity contribution in [1.29, 1.82) is 0 Å². The van der Waals surface area contributed by atoms with Crippen LogP contribution in [-0.2, 0) is 26.2 Å². The molecule has 3 aromatic carbocycles. The molecule has 226 valence electrons. The number of ether oxygens (including phenoxy) is 1. The monoisotopic (exact) mass is 657 g/mol. The Morgan fingerprint density at radius 3 is 2.21 bits per heavy atom. The minimum atomic E-state index is -4.15. The number of hydrogen-bond acceptors (Lipinski definition) is 5. The molecule has 0 aliphatic rings. The molecule has 0 unspecified atom stereocenters. The number of amides is 2. The Bertz CT molecular complexity index is 1430. The number of aryl methyl sites for hydroxylation is 1. The summed E-state index contributed by atoms with van der Waals surface area (Å²) in [7, 11) is -4.15. The van der Waals surface area contributed by atoms with Gasteiger partial charge in [0.2, 0.25) is 11.8 Å². The maximum atomic E-state index is 14.2. The molecule has 3 aromatic rings. The summed E-state index contributed by atoms with van der Waals surface area (Å²) in [5.74, 6) is -0.147. The van der Waals surface area contributed by atoms with Crippen LogP contribution < -0.4 is 14.4 Å². The fraction of sp³-hybridized carbons (Fsp3) is 0.375. The molecule has 3 rings (SSSR count). The molecule has 0 radical (unpaired) electrons. The first-order chi connectivity index (χ1) is 20.1. The number of unbranched alkanes of at least 4 members (excludes halogenated alkanes) is 1. The van der Waals surface area contributed by atoms with Crippen LogP contribution in [0.3, 0.4) is 0 Å². The molecule has 8 nitrogen and oxygen atoms in total. The zero-order valence-corrected chi connectivity index (χ0v) is 27.1. The van der Waals surface area contributed by atoms with Gasteiger partial charge in [-0.1, -0.05) is 60.5 Å². The van der Waals surface area contributed by atoms with Crippen molar-refractivity contribution >= 4 is 43.5 Å². The van der Waals surface area contributed by atoms with E-state index in [0.29, 0.717) is 31.0 Å². The van der Waals surface area contributed by atoms with E-state index in [1.54, 1.807) is 36.4 Å². The molecular weight excluding hydrogens is 618 g/mol. The molecule has 1 atom stereocenters. The first-order valence-electron chi connectivity index (χ1n) is 14.2. The average Bonchev–Trinajstić information content (AvgIpc) is 2.97. The zero-order chi connectivity index (χ0) is 30.7. The fourth-order valence-electron chi connectivity index (χ4n) is 4.53. The topological polar surface area (TPSA) is 96.0 Å². The smallest absolute Gasteiger partial charge is 0.264 e. The van der Waals surface area contributed by atoms with Gasteiger partial charge >= 0.3 is 0 Å². The van der Waals surface area contributed by atoms with Gasteiger partial charge in [0.15, 0.2) is 0 Å². The lowest BCUT2D eigenvalue weighted by Crippen LogP contribution is -2.52. The normalized spacial score (nSPS) is 11.9. The average molecular weight is 659 g/mol. The number of anilines is 1. The molecule has 0 heterocycles. The van der Waals surface area contributed by atoms with Crippen LogP contribution in [0.5, 0.6) is 5.75 Å². The molecule has 0 saturated carbocycles. The van der Waals surface area contributed by atoms with Gasteiger partial charge < -0.3 is 15.0 Å². The van der Waals surface area contributed by atoms with Crippen molar-refractivity contribution in [3.63, 3.8) is 0 Å². The van der Waals surface area contributed by atoms with Crippen LogP contribution in [0.25, 0.3) is 0 Å². The van der Waals surface area contributed by atoms with Crippen molar-refractivity contribution in [2.75, 3.05) is 24.0 Å². The largest absolute Gasteiger partial charge is 0.494 e. The van der Waals surface area contributed by atoms with Crippen molar-refractivity contribution in [2.45, 2.75) is 64.4 Å². The number of hydrogen-bond donors (Lipinski definition) is 1. The Kier molecular flexibility index (Phi) is 12.4. The van der Waals surface area contributed by atoms with E-state index in [-0.39, 0.29) is 17.3 Å². The van der Waals surface area contributed by atoms with Crippen LogP contribution in [0.1, 0.15) is 51.2 Å². The van der Waals surface area contributed by atoms with Crippen LogP contribution in [0.4, 0.5) is 5.69 Å². The van der Waals surface area contributed by atoms with E-state index < -0.39 is 28.5 Å². The van der Waals surface area contributed by atoms with E-state index in [0.717, 1.165) is 32.7 Å². The summed E-state index contributed by atoms with van der Waals surface area (Å²) in [6, 6.07) is 19.8. The van der Waals surface area contributed by atoms with E-state index in [9.17, 15) is 18.0 Å². The van der Waals surface area contributed by atoms with Gasteiger partial charge in [-0.2, -0.15) is 0 Å². The molecule has 0 aliphatic heterocycles. The second-order valence-electron chi connectivity index (χ2n) is 9.91. The van der Waals surface area contributed by atoms with Gasteiger partial charge in [0.25, 0.3) is 10.0 Å². The summed E-state index contributed by atoms with van der Waals surface area (Å²) in [5, 5.41) is 2.95. The van der Waals surface area contributed by atoms with Crippen LogP contribution >= 0.6 is 15.9 Å². The highest BCUT2D eigenvalue weighted by atomic mass is 79.9. The van der Waals surface area contributed by atoms with Gasteiger partial charge in [0, 0.05) is 17.6 Å². The van der Waals surface area contributed by atoms with E-state index in [1.165, 1.54) is 17.0 Å². The maximum absolute atomic E-state index is 14.2. The number of halogens is 1. The van der Waals surface area contributed by atoms with Gasteiger partial charge in [-0.15, -0.1) is 0 Å². The van der Waals surface area contributed by atoms with E-state index in [1.807, 2.05) is 52.0 Å². The molecule has 2 amide bonds. The number of nitrogens with zero attached hydrogens (tertiary/aromatic N) is 2. The lowest BCUT2D eigenvalue weighted by molar-refractivity contribution is -0.140. The first-order valence-corrected chi connectivity index (χ1v) is 16.5. The number of carbonyl (C=O) groups excluding carboxylic acids is 2. The second kappa shape index (κ2) is 15.7. The van der Waals surface area contributed by atoms with Gasteiger partial charge in [0.05, 0.1) is 17.2 Å². The maximum Gasteiger partial charge on any atom is 0.264 e. The minimum absolute atomic E-state index is 0.0437. The summed E-state index contributed by atoms with van der Waals surface area (Å²) in [6.45, 7) is 8.36. The van der Waals surface area contributed by atoms with Crippen LogP contribution in [0.2, 0.25) is 0 Å². The summed E-state index contributed by atoms with van der Waals surface area (Å²) in [6.07, 6.45) is 2.12. The third-order valence-electron chi connectivity index (χ3n) is 6.93. The predicted octanol–water partition coefficient (Wildman–Crippen LogP) is 6.08. The number of sulfonamides is 1. The molecule has 10 heteroatoms. The van der Waals surface area contributed by atoms with Crippen LogP contribution in [-0.4, -0.2) is 50.9 Å². The Balaban J connectivity index is 2.05. The van der Waals surface area contributed by atoms with Crippen LogP contribution in [0.15, 0.2) is 82.2 Å². The fourth-order valence-corrected chi connectivity index (χ4v) is 6.21. The van der Waals surface area contributed by atoms with Crippen molar-refractivity contribution in [3.8, 4) is 5.75 Å². The third kappa shape index (κ3) is 8.58. The Labute approximate surface area is 258 Å². The van der Waals surface area contributed by atoms with Gasteiger partial charge in [-0.3, -0.25) is 13.9 Å². The standard InChI is InChI=1S/C32H40BrN3O5S/c1-5-8-21-34-32(38)30(6-2)35(22-25-12-10-9-11-24(25)4)31(37)23-36(27-15-17-28(18-16-27)41-7-3)42(39,40)29-19-13-26(33)14-20-29/h9-20,30H,5-8,21-23H2,1-4H3,(H,34,38)/t30-/m0/s1. The van der Waals surface area contributed by atoms with E-state index in [4.69, 9.17) is 4.74 Å². The number of nitrogens with one attached hydrogen (secondary N) is 1. The Hall–Kier alpha value is -3.37. The molecule has 0 spiro atoms. The van der Waals surface area contributed by atoms with Crippen molar-refractivity contribution in [2.24, 2.45) is 0 Å². The van der Waals surface area contributed by atoms with Crippen molar-refractivity contribution < 1.29 is 22.7 Å². The van der Waals surface area contributed by atoms with Gasteiger partial charge in [-0.25, -0.2) is 8.42 Å². The molecular formula is C32H40BrN3O5S. The summed E-state index contributed by atoms with van der Waals surface area (Å²) in [4.78, 5) is 29.1. The number of benzene rings is 3. The molecule has 0 aliphatic carbocycles. The Morgan fingerprint density at radius 2 is 1.62 bits per heavy atom. The lowest BCUT2D eigenvalue weighted by atomic mass is 10.1. The Morgan fingerprint density at radius 1 is 0.952 bits per heavy atom. The molecule has 0 fully saturated rings. The third-order valence-corrected chi connectivity index (χ3v) is 9.25. The highest BCUT2D eigenvalue weighted by Gasteiger charge is 2.33. The highest BCUT2D eigenvalue weighted by molar-refractivity contribution is 9.10. The van der Waals surface area contributed by atoms with Crippen molar-refractivity contribution in [1.82, 2.24) is 10.2 Å². The second-order valence-corrected chi connectivity index (χ2v) is 12.7. The lowest BCUT2D eigenvalue weighted by Gasteiger charge is -2.33. The number of carbonyl (C=O) groups is 2. The van der Waals surface area contributed by atoms with Crippen molar-refractivity contribution in [3.05, 3.63) is 88.4 Å². The zero-order valence-electron chi connectivity index (χ0n) is 24.7. The van der Waals surface area contributed by atoms with Crippen LogP contribution in [0, 0.1) is 6.92 Å². The highest BCUT2D eigenvalue weighted by Crippen LogP contribution is 2.28.